The van der Waals surface area contributed by atoms with Gasteiger partial charge in [0.05, 0.1) is 17.9 Å². The van der Waals surface area contributed by atoms with E-state index in [1.54, 1.807) is 23.0 Å². The summed E-state index contributed by atoms with van der Waals surface area (Å²) in [5.74, 6) is -1.21. The number of amides is 2. The third-order valence-corrected chi connectivity index (χ3v) is 3.79. The van der Waals surface area contributed by atoms with Crippen molar-refractivity contribution in [1.29, 1.82) is 0 Å². The Morgan fingerprint density at radius 3 is 2.64 bits per heavy atom. The zero-order valence-corrected chi connectivity index (χ0v) is 14.1. The van der Waals surface area contributed by atoms with Gasteiger partial charge in [-0.2, -0.15) is 5.10 Å². The van der Waals surface area contributed by atoms with Crippen molar-refractivity contribution in [2.75, 3.05) is 6.54 Å². The predicted octanol–water partition coefficient (Wildman–Crippen LogP) is 2.54. The Labute approximate surface area is 144 Å². The number of aliphatic carboxylic acids is 1. The van der Waals surface area contributed by atoms with Crippen molar-refractivity contribution < 1.29 is 19.1 Å². The average molecular weight is 348 g/mol. The minimum absolute atomic E-state index is 0.0133. The Morgan fingerprint density at radius 1 is 1.32 bits per heavy atom. The fraction of sp³-hybridized carbons (Fsp3) is 0.353. The number of carbonyl (C=O) groups excluding carboxylic acids is 1. The zero-order chi connectivity index (χ0) is 18.4. The summed E-state index contributed by atoms with van der Waals surface area (Å²) in [6.07, 6.45) is 2.05. The molecule has 0 saturated heterocycles. The van der Waals surface area contributed by atoms with E-state index in [4.69, 9.17) is 5.11 Å². The highest BCUT2D eigenvalue weighted by atomic mass is 19.1. The van der Waals surface area contributed by atoms with E-state index in [1.165, 1.54) is 12.1 Å². The van der Waals surface area contributed by atoms with E-state index >= 15 is 0 Å². The van der Waals surface area contributed by atoms with Crippen molar-refractivity contribution in [1.82, 2.24) is 20.4 Å². The number of carboxylic acids is 1. The van der Waals surface area contributed by atoms with Crippen LogP contribution in [0, 0.1) is 12.7 Å². The standard InChI is InChI=1S/C17H21FN4O3/c1-11(21-17(25)19-9-3-4-16(23)24)15-10-20-22(12(15)2)14-7-5-13(18)6-8-14/h5-8,10-11H,3-4,9H2,1-2H3,(H,23,24)(H2,19,21,25). The topological polar surface area (TPSA) is 96.2 Å². The normalized spacial score (nSPS) is 11.8. The summed E-state index contributed by atoms with van der Waals surface area (Å²) in [5.41, 5.74) is 2.41. The quantitative estimate of drug-likeness (QED) is 0.670. The van der Waals surface area contributed by atoms with E-state index in [1.807, 2.05) is 13.8 Å². The number of hydrogen-bond acceptors (Lipinski definition) is 3. The second-order valence-corrected chi connectivity index (χ2v) is 5.69. The highest BCUT2D eigenvalue weighted by Crippen LogP contribution is 2.20. The number of benzene rings is 1. The van der Waals surface area contributed by atoms with E-state index in [-0.39, 0.29) is 24.3 Å². The van der Waals surface area contributed by atoms with E-state index in [9.17, 15) is 14.0 Å². The molecule has 7 nitrogen and oxygen atoms in total. The van der Waals surface area contributed by atoms with Gasteiger partial charge in [0.1, 0.15) is 5.82 Å². The molecule has 8 heteroatoms. The van der Waals surface area contributed by atoms with Crippen LogP contribution in [0.5, 0.6) is 0 Å². The lowest BCUT2D eigenvalue weighted by atomic mass is 10.1. The second-order valence-electron chi connectivity index (χ2n) is 5.69. The number of aromatic nitrogens is 2. The maximum absolute atomic E-state index is 13.0. The largest absolute Gasteiger partial charge is 0.481 e. The van der Waals surface area contributed by atoms with Crippen molar-refractivity contribution in [3.63, 3.8) is 0 Å². The molecule has 0 saturated carbocycles. The number of nitrogens with zero attached hydrogens (tertiary/aromatic N) is 2. The van der Waals surface area contributed by atoms with Crippen LogP contribution in [0.15, 0.2) is 30.5 Å². The molecular formula is C17H21FN4O3. The Bertz CT molecular complexity index is 743. The minimum Gasteiger partial charge on any atom is -0.481 e. The molecule has 25 heavy (non-hydrogen) atoms. The smallest absolute Gasteiger partial charge is 0.315 e. The summed E-state index contributed by atoms with van der Waals surface area (Å²) in [5, 5.41) is 18.3. The molecule has 2 amide bonds. The molecule has 0 radical (unpaired) electrons. The first kappa shape index (κ1) is 18.4. The maximum atomic E-state index is 13.0. The lowest BCUT2D eigenvalue weighted by molar-refractivity contribution is -0.137. The summed E-state index contributed by atoms with van der Waals surface area (Å²) in [6, 6.07) is 5.34. The number of nitrogens with one attached hydrogen (secondary N) is 2. The van der Waals surface area contributed by atoms with Crippen LogP contribution in [0.3, 0.4) is 0 Å². The fourth-order valence-electron chi connectivity index (χ4n) is 2.46. The molecule has 2 rings (SSSR count). The van der Waals surface area contributed by atoms with Gasteiger partial charge < -0.3 is 15.7 Å². The molecule has 1 aromatic carbocycles. The van der Waals surface area contributed by atoms with Crippen LogP contribution in [0.4, 0.5) is 9.18 Å². The summed E-state index contributed by atoms with van der Waals surface area (Å²) >= 11 is 0. The van der Waals surface area contributed by atoms with Gasteiger partial charge in [-0.25, -0.2) is 13.9 Å². The molecule has 0 spiro atoms. The van der Waals surface area contributed by atoms with Crippen LogP contribution in [0.1, 0.15) is 37.1 Å². The molecular weight excluding hydrogens is 327 g/mol. The van der Waals surface area contributed by atoms with Crippen molar-refractivity contribution in [3.05, 3.63) is 47.5 Å². The monoisotopic (exact) mass is 348 g/mol. The molecule has 2 aromatic rings. The highest BCUT2D eigenvalue weighted by molar-refractivity contribution is 5.74. The molecule has 1 atom stereocenters. The SMILES string of the molecule is Cc1c(C(C)NC(=O)NCCCC(=O)O)cnn1-c1ccc(F)cc1. The Morgan fingerprint density at radius 2 is 2.00 bits per heavy atom. The lowest BCUT2D eigenvalue weighted by Gasteiger charge is -2.15. The van der Waals surface area contributed by atoms with Crippen LogP contribution in [-0.4, -0.2) is 33.4 Å². The molecule has 0 fully saturated rings. The first-order valence-electron chi connectivity index (χ1n) is 7.95. The molecule has 1 heterocycles. The first-order valence-corrected chi connectivity index (χ1v) is 7.95. The fourth-order valence-corrected chi connectivity index (χ4v) is 2.46. The van der Waals surface area contributed by atoms with E-state index < -0.39 is 5.97 Å². The van der Waals surface area contributed by atoms with Gasteiger partial charge in [-0.1, -0.05) is 0 Å². The van der Waals surface area contributed by atoms with Crippen LogP contribution in [0.25, 0.3) is 5.69 Å². The van der Waals surface area contributed by atoms with E-state index in [2.05, 4.69) is 15.7 Å². The zero-order valence-electron chi connectivity index (χ0n) is 14.1. The molecule has 1 aromatic heterocycles. The van der Waals surface area contributed by atoms with E-state index in [0.29, 0.717) is 13.0 Å². The number of urea groups is 1. The molecule has 0 aliphatic carbocycles. The molecule has 134 valence electrons. The van der Waals surface area contributed by atoms with Crippen LogP contribution in [0.2, 0.25) is 0 Å². The molecule has 3 N–H and O–H groups in total. The number of hydrogen-bond donors (Lipinski definition) is 3. The summed E-state index contributed by atoms with van der Waals surface area (Å²) in [4.78, 5) is 22.3. The van der Waals surface area contributed by atoms with Crippen molar-refractivity contribution >= 4 is 12.0 Å². The van der Waals surface area contributed by atoms with Crippen LogP contribution < -0.4 is 10.6 Å². The molecule has 1 unspecified atom stereocenters. The number of carbonyl (C=O) groups is 2. The molecule has 0 aliphatic heterocycles. The lowest BCUT2D eigenvalue weighted by Crippen LogP contribution is -2.37. The number of rotatable bonds is 7. The van der Waals surface area contributed by atoms with Gasteiger partial charge in [-0.3, -0.25) is 4.79 Å². The van der Waals surface area contributed by atoms with Gasteiger partial charge in [0, 0.05) is 24.2 Å². The molecule has 0 aliphatic rings. The second kappa shape index (κ2) is 8.27. The summed E-state index contributed by atoms with van der Waals surface area (Å²) in [6.45, 7) is 3.99. The highest BCUT2D eigenvalue weighted by Gasteiger charge is 2.16. The predicted molar refractivity (Wildman–Crippen MR) is 90.1 cm³/mol. The van der Waals surface area contributed by atoms with Crippen LogP contribution in [-0.2, 0) is 4.79 Å². The van der Waals surface area contributed by atoms with Crippen LogP contribution >= 0.6 is 0 Å². The van der Waals surface area contributed by atoms with Crippen molar-refractivity contribution in [2.45, 2.75) is 32.7 Å². The van der Waals surface area contributed by atoms with Gasteiger partial charge in [0.15, 0.2) is 0 Å². The molecule has 0 bridgehead atoms. The van der Waals surface area contributed by atoms with Gasteiger partial charge in [0.2, 0.25) is 0 Å². The van der Waals surface area contributed by atoms with Gasteiger partial charge in [-0.15, -0.1) is 0 Å². The summed E-state index contributed by atoms with van der Waals surface area (Å²) < 4.78 is 14.7. The van der Waals surface area contributed by atoms with E-state index in [0.717, 1.165) is 16.9 Å². The van der Waals surface area contributed by atoms with Crippen molar-refractivity contribution in [2.24, 2.45) is 0 Å². The maximum Gasteiger partial charge on any atom is 0.315 e. The average Bonchev–Trinajstić information content (AvgIpc) is 2.94. The third-order valence-electron chi connectivity index (χ3n) is 3.79. The first-order chi connectivity index (χ1) is 11.9. The Hall–Kier alpha value is -2.90. The number of carboxylic acid groups (broad SMARTS) is 1. The Kier molecular flexibility index (Phi) is 6.10. The van der Waals surface area contributed by atoms with Crippen molar-refractivity contribution in [3.8, 4) is 5.69 Å². The summed E-state index contributed by atoms with van der Waals surface area (Å²) in [7, 11) is 0. The van der Waals surface area contributed by atoms with Gasteiger partial charge >= 0.3 is 12.0 Å². The minimum atomic E-state index is -0.889. The van der Waals surface area contributed by atoms with Gasteiger partial charge in [-0.05, 0) is 44.5 Å². The third kappa shape index (κ3) is 5.03. The van der Waals surface area contributed by atoms with Gasteiger partial charge in [0.25, 0.3) is 0 Å². The number of halogens is 1. The Balaban J connectivity index is 1.96.